The first-order valence-electron chi connectivity index (χ1n) is 21.0. The van der Waals surface area contributed by atoms with Gasteiger partial charge in [-0.05, 0) is 68.8 Å². The van der Waals surface area contributed by atoms with E-state index in [2.05, 4.69) is 234 Å². The van der Waals surface area contributed by atoms with E-state index in [9.17, 15) is 0 Å². The van der Waals surface area contributed by atoms with Gasteiger partial charge in [0.2, 0.25) is 11.9 Å². The molecule has 5 heteroatoms. The van der Waals surface area contributed by atoms with E-state index in [1.54, 1.807) is 0 Å². The quantitative estimate of drug-likeness (QED) is 0.162. The Bertz CT molecular complexity index is 3570. The van der Waals surface area contributed by atoms with Crippen LogP contribution in [0.1, 0.15) is 0 Å². The monoisotopic (exact) mass is 791 g/mol. The molecule has 0 unspecified atom stereocenters. The average molecular weight is 792 g/mol. The number of fused-ring (bicyclic) bond motifs is 6. The zero-order chi connectivity index (χ0) is 41.0. The normalized spacial score (nSPS) is 11.5. The van der Waals surface area contributed by atoms with Crippen LogP contribution in [0.3, 0.4) is 0 Å². The molecule has 0 amide bonds. The van der Waals surface area contributed by atoms with Crippen molar-refractivity contribution >= 4 is 43.6 Å². The highest BCUT2D eigenvalue weighted by Crippen LogP contribution is 2.40. The Morgan fingerprint density at radius 3 is 1.18 bits per heavy atom. The molecule has 9 aromatic carbocycles. The first kappa shape index (κ1) is 35.5. The summed E-state index contributed by atoms with van der Waals surface area (Å²) in [5.41, 5.74) is 14.1. The minimum atomic E-state index is 0.544. The van der Waals surface area contributed by atoms with Crippen molar-refractivity contribution in [1.29, 1.82) is 0 Å². The zero-order valence-corrected chi connectivity index (χ0v) is 33.6. The molecule has 3 aromatic heterocycles. The number of rotatable bonds is 7. The summed E-state index contributed by atoms with van der Waals surface area (Å²) in [4.78, 5) is 16.4. The van der Waals surface area contributed by atoms with Crippen LogP contribution >= 0.6 is 0 Å². The molecule has 0 fully saturated rings. The van der Waals surface area contributed by atoms with Crippen LogP contribution in [0.15, 0.2) is 224 Å². The molecule has 3 heterocycles. The van der Waals surface area contributed by atoms with Crippen LogP contribution in [0.25, 0.3) is 111 Å². The van der Waals surface area contributed by atoms with Crippen LogP contribution in [-0.2, 0) is 0 Å². The van der Waals surface area contributed by atoms with E-state index in [-0.39, 0.29) is 0 Å². The Kier molecular flexibility index (Phi) is 8.42. The molecule has 0 aliphatic heterocycles. The Balaban J connectivity index is 1.11. The Morgan fingerprint density at radius 1 is 0.242 bits per heavy atom. The molecule has 0 spiro atoms. The first-order chi connectivity index (χ1) is 30.8. The van der Waals surface area contributed by atoms with Crippen molar-refractivity contribution in [3.05, 3.63) is 224 Å². The summed E-state index contributed by atoms with van der Waals surface area (Å²) in [6, 6.07) is 79.3. The zero-order valence-electron chi connectivity index (χ0n) is 33.6. The molecule has 0 saturated heterocycles. The fourth-order valence-electron chi connectivity index (χ4n) is 9.16. The maximum atomic E-state index is 5.48. The fraction of sp³-hybridized carbons (Fsp3) is 0. The first-order valence-corrected chi connectivity index (χ1v) is 21.0. The largest absolute Gasteiger partial charge is 0.278 e. The molecule has 62 heavy (non-hydrogen) atoms. The standard InChI is InChI=1S/C57H37N5/c1-3-17-38(18-4-1)40-31-33-41(34-32-40)43-21-7-8-22-44(43)45-23-9-10-27-50(45)55-58-56(61-51-28-14-11-24-46(51)47-25-12-15-29-52(47)61)60-57(59-55)62-53-30-16-13-26-48(53)49-36-35-42(37-54(49)62)39-19-5-2-6-20-39/h1-37H. The summed E-state index contributed by atoms with van der Waals surface area (Å²) in [6.07, 6.45) is 0. The molecule has 0 saturated carbocycles. The Labute approximate surface area is 358 Å². The lowest BCUT2D eigenvalue weighted by Crippen LogP contribution is -2.10. The van der Waals surface area contributed by atoms with Crippen molar-refractivity contribution in [2.24, 2.45) is 0 Å². The van der Waals surface area contributed by atoms with Crippen molar-refractivity contribution in [2.45, 2.75) is 0 Å². The molecular formula is C57H37N5. The van der Waals surface area contributed by atoms with Gasteiger partial charge in [0.15, 0.2) is 5.82 Å². The second kappa shape index (κ2) is 14.7. The van der Waals surface area contributed by atoms with Gasteiger partial charge in [0, 0.05) is 27.1 Å². The minimum absolute atomic E-state index is 0.544. The van der Waals surface area contributed by atoms with Crippen LogP contribution in [0.4, 0.5) is 0 Å². The number of para-hydroxylation sites is 3. The molecule has 290 valence electrons. The number of aromatic nitrogens is 5. The van der Waals surface area contributed by atoms with Gasteiger partial charge in [0.1, 0.15) is 0 Å². The summed E-state index contributed by atoms with van der Waals surface area (Å²) >= 11 is 0. The maximum Gasteiger partial charge on any atom is 0.240 e. The van der Waals surface area contributed by atoms with Crippen LogP contribution in [0, 0.1) is 0 Å². The van der Waals surface area contributed by atoms with E-state index < -0.39 is 0 Å². The Hall–Kier alpha value is -8.41. The van der Waals surface area contributed by atoms with Crippen LogP contribution in [0.2, 0.25) is 0 Å². The highest BCUT2D eigenvalue weighted by Gasteiger charge is 2.22. The topological polar surface area (TPSA) is 48.5 Å². The summed E-state index contributed by atoms with van der Waals surface area (Å²) in [5, 5.41) is 4.55. The third-order valence-electron chi connectivity index (χ3n) is 12.1. The van der Waals surface area contributed by atoms with Gasteiger partial charge in [-0.2, -0.15) is 15.0 Å². The number of hydrogen-bond donors (Lipinski definition) is 0. The van der Waals surface area contributed by atoms with Gasteiger partial charge >= 0.3 is 0 Å². The third kappa shape index (κ3) is 5.90. The molecule has 0 radical (unpaired) electrons. The summed E-state index contributed by atoms with van der Waals surface area (Å²) in [5.74, 6) is 1.68. The number of benzene rings is 9. The van der Waals surface area contributed by atoms with Crippen molar-refractivity contribution in [1.82, 2.24) is 24.1 Å². The van der Waals surface area contributed by atoms with Crippen LogP contribution in [-0.4, -0.2) is 24.1 Å². The lowest BCUT2D eigenvalue weighted by Gasteiger charge is -2.16. The minimum Gasteiger partial charge on any atom is -0.278 e. The van der Waals surface area contributed by atoms with Crippen molar-refractivity contribution < 1.29 is 0 Å². The average Bonchev–Trinajstić information content (AvgIpc) is 3.87. The lowest BCUT2D eigenvalue weighted by molar-refractivity contribution is 0.893. The van der Waals surface area contributed by atoms with Crippen molar-refractivity contribution in [2.75, 3.05) is 0 Å². The maximum absolute atomic E-state index is 5.48. The predicted molar refractivity (Wildman–Crippen MR) is 256 cm³/mol. The summed E-state index contributed by atoms with van der Waals surface area (Å²) in [6.45, 7) is 0. The van der Waals surface area contributed by atoms with E-state index in [1.165, 1.54) is 11.1 Å². The van der Waals surface area contributed by atoms with Gasteiger partial charge in [0.25, 0.3) is 0 Å². The van der Waals surface area contributed by atoms with E-state index in [4.69, 9.17) is 15.0 Å². The molecule has 5 nitrogen and oxygen atoms in total. The smallest absolute Gasteiger partial charge is 0.240 e. The molecule has 0 atom stereocenters. The molecule has 12 rings (SSSR count). The predicted octanol–water partition coefficient (Wildman–Crippen LogP) is 14.4. The molecule has 12 aromatic rings. The van der Waals surface area contributed by atoms with E-state index in [0.717, 1.165) is 82.6 Å². The van der Waals surface area contributed by atoms with E-state index in [1.807, 2.05) is 0 Å². The summed E-state index contributed by atoms with van der Waals surface area (Å²) < 4.78 is 4.40. The van der Waals surface area contributed by atoms with Gasteiger partial charge in [-0.1, -0.05) is 200 Å². The van der Waals surface area contributed by atoms with Gasteiger partial charge in [-0.15, -0.1) is 0 Å². The number of nitrogens with zero attached hydrogens (tertiary/aromatic N) is 5. The van der Waals surface area contributed by atoms with Gasteiger partial charge < -0.3 is 0 Å². The molecule has 0 aliphatic carbocycles. The van der Waals surface area contributed by atoms with E-state index >= 15 is 0 Å². The molecule has 0 aliphatic rings. The third-order valence-corrected chi connectivity index (χ3v) is 12.1. The van der Waals surface area contributed by atoms with E-state index in [0.29, 0.717) is 17.7 Å². The summed E-state index contributed by atoms with van der Waals surface area (Å²) in [7, 11) is 0. The SMILES string of the molecule is c1ccc(-c2ccc(-c3ccccc3-c3ccccc3-c3nc(-n4c5ccccc5c5ccccc54)nc(-n4c5ccccc5c5ccc(-c6ccccc6)cc54)n3)cc2)cc1. The van der Waals surface area contributed by atoms with Crippen molar-refractivity contribution in [3.8, 4) is 67.8 Å². The highest BCUT2D eigenvalue weighted by molar-refractivity contribution is 6.11. The number of hydrogen-bond acceptors (Lipinski definition) is 3. The molecule has 0 bridgehead atoms. The van der Waals surface area contributed by atoms with Gasteiger partial charge in [-0.25, -0.2) is 0 Å². The highest BCUT2D eigenvalue weighted by atomic mass is 15.3. The second-order valence-electron chi connectivity index (χ2n) is 15.6. The molecule has 0 N–H and O–H groups in total. The van der Waals surface area contributed by atoms with Gasteiger partial charge in [0.05, 0.1) is 22.1 Å². The van der Waals surface area contributed by atoms with Gasteiger partial charge in [-0.3, -0.25) is 9.13 Å². The van der Waals surface area contributed by atoms with Crippen LogP contribution < -0.4 is 0 Å². The molecular weight excluding hydrogens is 755 g/mol. The van der Waals surface area contributed by atoms with Crippen LogP contribution in [0.5, 0.6) is 0 Å². The Morgan fingerprint density at radius 2 is 0.613 bits per heavy atom. The van der Waals surface area contributed by atoms with Crippen molar-refractivity contribution in [3.63, 3.8) is 0 Å². The second-order valence-corrected chi connectivity index (χ2v) is 15.6. The lowest BCUT2D eigenvalue weighted by atomic mass is 9.91. The fourth-order valence-corrected chi connectivity index (χ4v) is 9.16.